The van der Waals surface area contributed by atoms with Gasteiger partial charge in [0, 0.05) is 21.3 Å². The maximum Gasteiger partial charge on any atom is 0.270 e. The maximum atomic E-state index is 13.7. The molecule has 3 nitrogen and oxygen atoms in total. The quantitative estimate of drug-likeness (QED) is 0.468. The van der Waals surface area contributed by atoms with Crippen molar-refractivity contribution in [1.82, 2.24) is 0 Å². The van der Waals surface area contributed by atoms with E-state index in [2.05, 4.69) is 26.8 Å². The van der Waals surface area contributed by atoms with Crippen LogP contribution in [0.1, 0.15) is 55.3 Å². The summed E-state index contributed by atoms with van der Waals surface area (Å²) in [6.45, 7) is 9.07. The van der Waals surface area contributed by atoms with Crippen LogP contribution in [0, 0.1) is 0 Å². The molecule has 0 saturated carbocycles. The van der Waals surface area contributed by atoms with Crippen LogP contribution in [0.4, 0.5) is 5.69 Å². The molecule has 0 aliphatic carbocycles. The first-order valence-electron chi connectivity index (χ1n) is 9.62. The molecule has 1 aliphatic heterocycles. The van der Waals surface area contributed by atoms with Crippen molar-refractivity contribution in [3.8, 4) is 5.75 Å². The molecule has 5 heteroatoms. The lowest BCUT2D eigenvalue weighted by atomic mass is 9.80. The Morgan fingerprint density at radius 2 is 2.04 bits per heavy atom. The summed E-state index contributed by atoms with van der Waals surface area (Å²) >= 11 is 8.09. The predicted octanol–water partition coefficient (Wildman–Crippen LogP) is 6.89. The molecule has 2 aromatic carbocycles. The van der Waals surface area contributed by atoms with E-state index in [1.54, 1.807) is 0 Å². The van der Waals surface area contributed by atoms with Gasteiger partial charge in [-0.05, 0) is 62.9 Å². The topological polar surface area (TPSA) is 29.5 Å². The van der Waals surface area contributed by atoms with Gasteiger partial charge >= 0.3 is 0 Å². The van der Waals surface area contributed by atoms with E-state index in [-0.39, 0.29) is 11.4 Å². The van der Waals surface area contributed by atoms with Gasteiger partial charge < -0.3 is 9.64 Å². The molecule has 3 aromatic rings. The standard InChI is InChI=1S/C23H24ClNO2S/c1-5-27-15-10-11-18-17(12-15)14(2)13-23(3,4)25(18)22(26)21-20(24)16-8-6-7-9-19(16)28-21/h6-12,14H,5,13H2,1-4H3/t14-/m0/s1. The summed E-state index contributed by atoms with van der Waals surface area (Å²) in [6, 6.07) is 13.9. The second kappa shape index (κ2) is 7.09. The first kappa shape index (κ1) is 19.3. The smallest absolute Gasteiger partial charge is 0.270 e. The summed E-state index contributed by atoms with van der Waals surface area (Å²) in [5.74, 6) is 1.15. The van der Waals surface area contributed by atoms with Crippen molar-refractivity contribution < 1.29 is 9.53 Å². The molecule has 1 amide bonds. The lowest BCUT2D eigenvalue weighted by Gasteiger charge is -2.46. The predicted molar refractivity (Wildman–Crippen MR) is 118 cm³/mol. The fourth-order valence-corrected chi connectivity index (χ4v) is 5.74. The van der Waals surface area contributed by atoms with Crippen molar-refractivity contribution in [3.05, 3.63) is 57.9 Å². The lowest BCUT2D eigenvalue weighted by molar-refractivity contribution is 0.0958. The average Bonchev–Trinajstić information content (AvgIpc) is 2.99. The number of thiophene rings is 1. The van der Waals surface area contributed by atoms with Crippen LogP contribution in [0.25, 0.3) is 10.1 Å². The first-order valence-corrected chi connectivity index (χ1v) is 10.8. The minimum Gasteiger partial charge on any atom is -0.494 e. The van der Waals surface area contributed by atoms with Gasteiger partial charge in [-0.3, -0.25) is 4.79 Å². The largest absolute Gasteiger partial charge is 0.494 e. The zero-order chi connectivity index (χ0) is 20.1. The number of amides is 1. The molecule has 146 valence electrons. The third-order valence-corrected chi connectivity index (χ3v) is 7.09. The number of benzene rings is 2. The van der Waals surface area contributed by atoms with Crippen molar-refractivity contribution in [1.29, 1.82) is 0 Å². The summed E-state index contributed by atoms with van der Waals surface area (Å²) < 4.78 is 6.72. The SMILES string of the molecule is CCOc1ccc2c(c1)[C@@H](C)CC(C)(C)N2C(=O)c1sc2ccccc2c1Cl. The molecule has 0 saturated heterocycles. The van der Waals surface area contributed by atoms with Crippen LogP contribution in [0.5, 0.6) is 5.75 Å². The fraction of sp³-hybridized carbons (Fsp3) is 0.348. The summed E-state index contributed by atoms with van der Waals surface area (Å²) in [5.41, 5.74) is 1.79. The normalized spacial score (nSPS) is 18.2. The number of carbonyl (C=O) groups is 1. The Labute approximate surface area is 174 Å². The van der Waals surface area contributed by atoms with Crippen LogP contribution in [0.3, 0.4) is 0 Å². The van der Waals surface area contributed by atoms with E-state index >= 15 is 0 Å². The van der Waals surface area contributed by atoms with Gasteiger partial charge in [0.05, 0.1) is 11.6 Å². The molecule has 2 heterocycles. The van der Waals surface area contributed by atoms with Crippen LogP contribution >= 0.6 is 22.9 Å². The molecule has 0 bridgehead atoms. The number of rotatable bonds is 3. The fourth-order valence-electron chi connectivity index (χ4n) is 4.30. The Hall–Kier alpha value is -2.04. The van der Waals surface area contributed by atoms with Gasteiger partial charge in [0.1, 0.15) is 10.6 Å². The van der Waals surface area contributed by atoms with Gasteiger partial charge in [-0.15, -0.1) is 11.3 Å². The molecule has 1 atom stereocenters. The molecule has 4 rings (SSSR count). The minimum atomic E-state index is -0.309. The van der Waals surface area contributed by atoms with E-state index in [0.717, 1.165) is 33.5 Å². The Balaban J connectivity index is 1.84. The number of halogens is 1. The first-order chi connectivity index (χ1) is 13.3. The number of anilines is 1. The highest BCUT2D eigenvalue weighted by molar-refractivity contribution is 7.21. The molecule has 28 heavy (non-hydrogen) atoms. The third kappa shape index (κ3) is 3.09. The van der Waals surface area contributed by atoms with Gasteiger partial charge in [-0.2, -0.15) is 0 Å². The average molecular weight is 414 g/mol. The molecule has 1 aromatic heterocycles. The Morgan fingerprint density at radius 3 is 2.75 bits per heavy atom. The minimum absolute atomic E-state index is 0.0338. The van der Waals surface area contributed by atoms with Gasteiger partial charge in [-0.25, -0.2) is 0 Å². The number of hydrogen-bond donors (Lipinski definition) is 0. The maximum absolute atomic E-state index is 13.7. The van der Waals surface area contributed by atoms with Crippen LogP contribution in [0.2, 0.25) is 5.02 Å². The van der Waals surface area contributed by atoms with Gasteiger partial charge in [0.15, 0.2) is 0 Å². The second-order valence-corrected chi connectivity index (χ2v) is 9.38. The van der Waals surface area contributed by atoms with Crippen molar-refractivity contribution in [2.24, 2.45) is 0 Å². The van der Waals surface area contributed by atoms with Crippen molar-refractivity contribution in [2.75, 3.05) is 11.5 Å². The number of hydrogen-bond acceptors (Lipinski definition) is 3. The number of nitrogens with zero attached hydrogens (tertiary/aromatic N) is 1. The van der Waals surface area contributed by atoms with Crippen molar-refractivity contribution >= 4 is 44.6 Å². The van der Waals surface area contributed by atoms with E-state index in [0.29, 0.717) is 22.4 Å². The Kier molecular flexibility index (Phi) is 4.88. The monoisotopic (exact) mass is 413 g/mol. The zero-order valence-corrected chi connectivity index (χ0v) is 18.2. The van der Waals surface area contributed by atoms with Crippen LogP contribution in [0.15, 0.2) is 42.5 Å². The zero-order valence-electron chi connectivity index (χ0n) is 16.6. The highest BCUT2D eigenvalue weighted by Crippen LogP contribution is 2.47. The second-order valence-electron chi connectivity index (χ2n) is 7.95. The Bertz CT molecular complexity index is 1060. The molecule has 0 N–H and O–H groups in total. The summed E-state index contributed by atoms with van der Waals surface area (Å²) in [7, 11) is 0. The molecule has 0 spiro atoms. The van der Waals surface area contributed by atoms with Gasteiger partial charge in [0.25, 0.3) is 5.91 Å². The van der Waals surface area contributed by atoms with Crippen LogP contribution < -0.4 is 9.64 Å². The highest BCUT2D eigenvalue weighted by Gasteiger charge is 2.41. The molecule has 1 aliphatic rings. The van der Waals surface area contributed by atoms with Crippen molar-refractivity contribution in [2.45, 2.75) is 45.6 Å². The van der Waals surface area contributed by atoms with E-state index in [9.17, 15) is 4.79 Å². The third-order valence-electron chi connectivity index (χ3n) is 5.43. The van der Waals surface area contributed by atoms with Crippen LogP contribution in [-0.4, -0.2) is 18.1 Å². The molecule has 0 unspecified atom stereocenters. The number of ether oxygens (including phenoxy) is 1. The van der Waals surface area contributed by atoms with E-state index in [1.807, 2.05) is 48.2 Å². The summed E-state index contributed by atoms with van der Waals surface area (Å²) in [5, 5.41) is 1.49. The summed E-state index contributed by atoms with van der Waals surface area (Å²) in [4.78, 5) is 16.2. The molecular weight excluding hydrogens is 390 g/mol. The highest BCUT2D eigenvalue weighted by atomic mass is 35.5. The molecule has 0 fully saturated rings. The number of fused-ring (bicyclic) bond motifs is 2. The molecular formula is C23H24ClNO2S. The van der Waals surface area contributed by atoms with Crippen LogP contribution in [-0.2, 0) is 0 Å². The van der Waals surface area contributed by atoms with Crippen molar-refractivity contribution in [3.63, 3.8) is 0 Å². The van der Waals surface area contributed by atoms with E-state index in [4.69, 9.17) is 16.3 Å². The Morgan fingerprint density at radius 1 is 1.29 bits per heavy atom. The van der Waals surface area contributed by atoms with E-state index < -0.39 is 0 Å². The molecule has 0 radical (unpaired) electrons. The van der Waals surface area contributed by atoms with E-state index in [1.165, 1.54) is 11.3 Å². The number of carbonyl (C=O) groups excluding carboxylic acids is 1. The summed E-state index contributed by atoms with van der Waals surface area (Å²) in [6.07, 6.45) is 0.879. The van der Waals surface area contributed by atoms with Gasteiger partial charge in [-0.1, -0.05) is 36.7 Å². The van der Waals surface area contributed by atoms with Gasteiger partial charge in [0.2, 0.25) is 0 Å². The lowest BCUT2D eigenvalue weighted by Crippen LogP contribution is -2.51.